The molecule has 1 atom stereocenters. The highest BCUT2D eigenvalue weighted by Gasteiger charge is 2.31. The van der Waals surface area contributed by atoms with Crippen molar-refractivity contribution in [2.24, 2.45) is 0 Å². The van der Waals surface area contributed by atoms with E-state index in [0.29, 0.717) is 18.7 Å². The molecule has 5 rings (SSSR count). The van der Waals surface area contributed by atoms with E-state index in [4.69, 9.17) is 4.98 Å². The predicted octanol–water partition coefficient (Wildman–Crippen LogP) is 4.69. The zero-order valence-corrected chi connectivity index (χ0v) is 18.6. The number of fused-ring (bicyclic) bond motifs is 1. The summed E-state index contributed by atoms with van der Waals surface area (Å²) in [6.45, 7) is 2.12. The summed E-state index contributed by atoms with van der Waals surface area (Å²) in [7, 11) is 0. The number of aromatic amines is 1. The molecule has 0 aliphatic carbocycles. The number of likely N-dealkylation sites (tertiary alicyclic amines) is 1. The van der Waals surface area contributed by atoms with Crippen molar-refractivity contribution in [3.63, 3.8) is 0 Å². The Bertz CT molecular complexity index is 1150. The molecule has 3 aromatic rings. The number of nitrogens with one attached hydrogen (secondary N) is 2. The number of nitrogens with zero attached hydrogens (tertiary/aromatic N) is 3. The standard InChI is InChI=1S/C24H26F3N5O2/c25-24(26,27)34-17-6-4-16(5-7-17)23(33)32-13-9-15(10-14-32)18-8-12-29-22-20(18)30-21(31-22)19-3-1-2-11-28-19/h4-8,12,15,19,28H,1-3,9-11,13-14H2,(H,29,30,31)/t19-/m1/s1. The fraction of sp³-hybridized carbons (Fsp3) is 0.458. The van der Waals surface area contributed by atoms with Crippen molar-refractivity contribution < 1.29 is 22.7 Å². The van der Waals surface area contributed by atoms with Gasteiger partial charge in [-0.15, -0.1) is 13.2 Å². The fourth-order valence-corrected chi connectivity index (χ4v) is 4.90. The maximum Gasteiger partial charge on any atom is 0.573 e. The van der Waals surface area contributed by atoms with Crippen LogP contribution < -0.4 is 10.1 Å². The minimum Gasteiger partial charge on any atom is -0.406 e. The van der Waals surface area contributed by atoms with E-state index in [-0.39, 0.29) is 23.6 Å². The Morgan fingerprint density at radius 1 is 1.06 bits per heavy atom. The van der Waals surface area contributed by atoms with E-state index in [1.165, 1.54) is 25.0 Å². The van der Waals surface area contributed by atoms with E-state index in [9.17, 15) is 18.0 Å². The van der Waals surface area contributed by atoms with Gasteiger partial charge in [0.05, 0.1) is 6.04 Å². The van der Waals surface area contributed by atoms with Crippen molar-refractivity contribution in [3.05, 3.63) is 53.5 Å². The third kappa shape index (κ3) is 4.86. The summed E-state index contributed by atoms with van der Waals surface area (Å²) in [5.41, 5.74) is 3.18. The number of piperidine rings is 2. The summed E-state index contributed by atoms with van der Waals surface area (Å²) in [5.74, 6) is 0.654. The lowest BCUT2D eigenvalue weighted by Gasteiger charge is -2.32. The number of amides is 1. The number of alkyl halides is 3. The highest BCUT2D eigenvalue weighted by Crippen LogP contribution is 2.33. The minimum absolute atomic E-state index is 0.192. The van der Waals surface area contributed by atoms with Gasteiger partial charge in [-0.1, -0.05) is 6.42 Å². The molecule has 1 aromatic carbocycles. The van der Waals surface area contributed by atoms with E-state index in [2.05, 4.69) is 20.0 Å². The van der Waals surface area contributed by atoms with E-state index >= 15 is 0 Å². The number of imidazole rings is 1. The molecule has 2 saturated heterocycles. The number of carbonyl (C=O) groups is 1. The molecule has 2 aliphatic heterocycles. The van der Waals surface area contributed by atoms with Crippen molar-refractivity contribution in [2.75, 3.05) is 19.6 Å². The van der Waals surface area contributed by atoms with E-state index in [0.717, 1.165) is 60.5 Å². The van der Waals surface area contributed by atoms with Crippen LogP contribution in [0.3, 0.4) is 0 Å². The monoisotopic (exact) mass is 473 g/mol. The minimum atomic E-state index is -4.76. The van der Waals surface area contributed by atoms with Crippen molar-refractivity contribution in [2.45, 2.75) is 50.4 Å². The third-order valence-electron chi connectivity index (χ3n) is 6.63. The quantitative estimate of drug-likeness (QED) is 0.575. The van der Waals surface area contributed by atoms with Gasteiger partial charge in [0, 0.05) is 24.8 Å². The molecule has 2 aromatic heterocycles. The van der Waals surface area contributed by atoms with Crippen LogP contribution in [0.5, 0.6) is 5.75 Å². The second kappa shape index (κ2) is 9.25. The molecule has 2 aliphatic rings. The Morgan fingerprint density at radius 3 is 2.50 bits per heavy atom. The fourth-order valence-electron chi connectivity index (χ4n) is 4.90. The number of hydrogen-bond donors (Lipinski definition) is 2. The number of pyridine rings is 1. The summed E-state index contributed by atoms with van der Waals surface area (Å²) in [6, 6.07) is 7.31. The Morgan fingerprint density at radius 2 is 1.82 bits per heavy atom. The molecule has 0 saturated carbocycles. The zero-order valence-electron chi connectivity index (χ0n) is 18.6. The van der Waals surface area contributed by atoms with E-state index < -0.39 is 6.36 Å². The molecule has 0 unspecified atom stereocenters. The maximum atomic E-state index is 12.9. The zero-order chi connectivity index (χ0) is 23.7. The van der Waals surface area contributed by atoms with Gasteiger partial charge in [0.25, 0.3) is 5.91 Å². The third-order valence-corrected chi connectivity index (χ3v) is 6.63. The lowest BCUT2D eigenvalue weighted by molar-refractivity contribution is -0.274. The van der Waals surface area contributed by atoms with Crippen LogP contribution in [0, 0.1) is 0 Å². The number of aromatic nitrogens is 3. The molecule has 0 radical (unpaired) electrons. The number of halogens is 3. The number of rotatable bonds is 4. The normalized spacial score (nSPS) is 20.0. The number of ether oxygens (including phenoxy) is 1. The Kier molecular flexibility index (Phi) is 6.16. The summed E-state index contributed by atoms with van der Waals surface area (Å²) < 4.78 is 40.9. The van der Waals surface area contributed by atoms with Gasteiger partial charge in [0.2, 0.25) is 0 Å². The first-order chi connectivity index (χ1) is 16.4. The van der Waals surface area contributed by atoms with Gasteiger partial charge in [-0.3, -0.25) is 4.79 Å². The molecule has 0 bridgehead atoms. The topological polar surface area (TPSA) is 83.1 Å². The lowest BCUT2D eigenvalue weighted by Crippen LogP contribution is -2.38. The summed E-state index contributed by atoms with van der Waals surface area (Å²) in [4.78, 5) is 27.4. The van der Waals surface area contributed by atoms with E-state index in [1.807, 2.05) is 6.07 Å². The molecule has 7 nitrogen and oxygen atoms in total. The molecule has 4 heterocycles. The van der Waals surface area contributed by atoms with Crippen LogP contribution in [0.2, 0.25) is 0 Å². The number of benzene rings is 1. The average molecular weight is 473 g/mol. The molecule has 180 valence electrons. The number of hydrogen-bond acceptors (Lipinski definition) is 5. The van der Waals surface area contributed by atoms with E-state index in [1.54, 1.807) is 11.1 Å². The first-order valence-corrected chi connectivity index (χ1v) is 11.6. The number of carbonyl (C=O) groups excluding carboxylic acids is 1. The van der Waals surface area contributed by atoms with Gasteiger partial charge in [0.15, 0.2) is 5.65 Å². The molecular formula is C24H26F3N5O2. The van der Waals surface area contributed by atoms with Crippen LogP contribution in [-0.4, -0.2) is 51.8 Å². The van der Waals surface area contributed by atoms with Crippen LogP contribution in [0.4, 0.5) is 13.2 Å². The van der Waals surface area contributed by atoms with Gasteiger partial charge >= 0.3 is 6.36 Å². The molecule has 10 heteroatoms. The average Bonchev–Trinajstić information content (AvgIpc) is 3.28. The van der Waals surface area contributed by atoms with Gasteiger partial charge in [-0.05, 0) is 74.0 Å². The van der Waals surface area contributed by atoms with Crippen molar-refractivity contribution in [1.29, 1.82) is 0 Å². The highest BCUT2D eigenvalue weighted by molar-refractivity contribution is 5.94. The van der Waals surface area contributed by atoms with Gasteiger partial charge < -0.3 is 19.9 Å². The summed E-state index contributed by atoms with van der Waals surface area (Å²) in [6.07, 6.45) is 2.03. The largest absolute Gasteiger partial charge is 0.573 e. The number of H-pyrrole nitrogens is 1. The second-order valence-electron chi connectivity index (χ2n) is 8.86. The SMILES string of the molecule is O=C(c1ccc(OC(F)(F)F)cc1)N1CCC(c2ccnc3[nH]c([C@H]4CCCCN4)nc23)CC1. The predicted molar refractivity (Wildman–Crippen MR) is 119 cm³/mol. The lowest BCUT2D eigenvalue weighted by atomic mass is 9.89. The van der Waals surface area contributed by atoms with Crippen molar-refractivity contribution in [1.82, 2.24) is 25.2 Å². The van der Waals surface area contributed by atoms with Crippen LogP contribution in [-0.2, 0) is 0 Å². The van der Waals surface area contributed by atoms with Gasteiger partial charge in [-0.25, -0.2) is 9.97 Å². The van der Waals surface area contributed by atoms with Crippen LogP contribution in [0.25, 0.3) is 11.2 Å². The highest BCUT2D eigenvalue weighted by atomic mass is 19.4. The smallest absolute Gasteiger partial charge is 0.406 e. The van der Waals surface area contributed by atoms with Crippen molar-refractivity contribution >= 4 is 17.1 Å². The molecular weight excluding hydrogens is 447 g/mol. The molecule has 34 heavy (non-hydrogen) atoms. The van der Waals surface area contributed by atoms with Crippen molar-refractivity contribution in [3.8, 4) is 5.75 Å². The summed E-state index contributed by atoms with van der Waals surface area (Å²) >= 11 is 0. The Labute approximate surface area is 194 Å². The van der Waals surface area contributed by atoms with Gasteiger partial charge in [0.1, 0.15) is 17.1 Å². The van der Waals surface area contributed by atoms with Crippen LogP contribution >= 0.6 is 0 Å². The van der Waals surface area contributed by atoms with Gasteiger partial charge in [-0.2, -0.15) is 0 Å². The first-order valence-electron chi connectivity index (χ1n) is 11.6. The Hall–Kier alpha value is -3.14. The summed E-state index contributed by atoms with van der Waals surface area (Å²) in [5, 5.41) is 3.51. The maximum absolute atomic E-state index is 12.9. The molecule has 0 spiro atoms. The van der Waals surface area contributed by atoms with Crippen LogP contribution in [0.1, 0.15) is 65.8 Å². The molecule has 2 fully saturated rings. The van der Waals surface area contributed by atoms with Crippen LogP contribution in [0.15, 0.2) is 36.5 Å². The molecule has 1 amide bonds. The first kappa shape index (κ1) is 22.6. The second-order valence-corrected chi connectivity index (χ2v) is 8.86. The Balaban J connectivity index is 1.25. The molecule has 2 N–H and O–H groups in total.